The fraction of sp³-hybridized carbons (Fsp3) is 0. The summed E-state index contributed by atoms with van der Waals surface area (Å²) in [5.41, 5.74) is 1.69. The number of nitrogens with zero attached hydrogens (tertiary/aromatic N) is 2. The molecule has 0 saturated heterocycles. The summed E-state index contributed by atoms with van der Waals surface area (Å²) >= 11 is 1.37. The van der Waals surface area contributed by atoms with Crippen LogP contribution >= 0.6 is 11.5 Å². The van der Waals surface area contributed by atoms with Gasteiger partial charge >= 0.3 is 0 Å². The molecule has 0 saturated carbocycles. The van der Waals surface area contributed by atoms with E-state index in [2.05, 4.69) is 9.36 Å². The van der Waals surface area contributed by atoms with Gasteiger partial charge in [0.05, 0.1) is 5.69 Å². The summed E-state index contributed by atoms with van der Waals surface area (Å²) in [4.78, 5) is 3.53. The highest BCUT2D eigenvalue weighted by Crippen LogP contribution is 2.16. The van der Waals surface area contributed by atoms with Crippen molar-refractivity contribution in [2.24, 2.45) is 0 Å². The van der Waals surface area contributed by atoms with E-state index in [1.54, 1.807) is 6.07 Å². The predicted molar refractivity (Wildman–Crippen MR) is 45.3 cm³/mol. The van der Waals surface area contributed by atoms with E-state index in [1.807, 2.05) is 11.4 Å². The molecule has 2 aromatic rings. The number of hydrogen-bond donors (Lipinski definition) is 0. The molecule has 0 aliphatic heterocycles. The highest BCUT2D eigenvalue weighted by Gasteiger charge is 1.99. The van der Waals surface area contributed by atoms with E-state index < -0.39 is 5.95 Å². The minimum Gasteiger partial charge on any atom is -0.228 e. The predicted octanol–water partition coefficient (Wildman–Crippen LogP) is 2.34. The number of halogens is 1. The van der Waals surface area contributed by atoms with Gasteiger partial charge in [-0.1, -0.05) is 0 Å². The Balaban J connectivity index is 2.43. The van der Waals surface area contributed by atoms with Crippen molar-refractivity contribution >= 4 is 11.5 Å². The molecular weight excluding hydrogens is 175 g/mol. The van der Waals surface area contributed by atoms with Crippen molar-refractivity contribution in [1.29, 1.82) is 0 Å². The average Bonchev–Trinajstić information content (AvgIpc) is 2.58. The van der Waals surface area contributed by atoms with Gasteiger partial charge in [0, 0.05) is 17.1 Å². The Bertz CT molecular complexity index is 355. The first-order chi connectivity index (χ1) is 5.86. The van der Waals surface area contributed by atoms with E-state index in [9.17, 15) is 4.39 Å². The third-order valence-electron chi connectivity index (χ3n) is 1.46. The quantitative estimate of drug-likeness (QED) is 0.629. The van der Waals surface area contributed by atoms with Crippen molar-refractivity contribution in [2.45, 2.75) is 0 Å². The van der Waals surface area contributed by atoms with Crippen LogP contribution in [-0.4, -0.2) is 9.36 Å². The Morgan fingerprint density at radius 2 is 2.17 bits per heavy atom. The molecular formula is C8H5FN2S. The van der Waals surface area contributed by atoms with E-state index in [4.69, 9.17) is 0 Å². The molecule has 0 spiro atoms. The topological polar surface area (TPSA) is 25.8 Å². The van der Waals surface area contributed by atoms with Gasteiger partial charge in [-0.05, 0) is 29.7 Å². The summed E-state index contributed by atoms with van der Waals surface area (Å²) in [6.07, 6.45) is 1.48. The lowest BCUT2D eigenvalue weighted by Crippen LogP contribution is -1.82. The van der Waals surface area contributed by atoms with Crippen molar-refractivity contribution in [2.75, 3.05) is 0 Å². The number of rotatable bonds is 1. The van der Waals surface area contributed by atoms with E-state index in [0.717, 1.165) is 11.3 Å². The lowest BCUT2D eigenvalue weighted by atomic mass is 10.2. The van der Waals surface area contributed by atoms with Gasteiger partial charge in [-0.15, -0.1) is 0 Å². The second-order valence-corrected chi connectivity index (χ2v) is 2.92. The van der Waals surface area contributed by atoms with Gasteiger partial charge in [0.1, 0.15) is 0 Å². The molecule has 4 heteroatoms. The minimum absolute atomic E-state index is 0.464. The van der Waals surface area contributed by atoms with E-state index in [1.165, 1.54) is 23.8 Å². The van der Waals surface area contributed by atoms with Crippen molar-refractivity contribution in [3.8, 4) is 11.3 Å². The van der Waals surface area contributed by atoms with Gasteiger partial charge < -0.3 is 0 Å². The largest absolute Gasteiger partial charge is 0.228 e. The fourth-order valence-electron chi connectivity index (χ4n) is 0.889. The average molecular weight is 180 g/mol. The van der Waals surface area contributed by atoms with Crippen LogP contribution in [0.2, 0.25) is 0 Å². The highest BCUT2D eigenvalue weighted by molar-refractivity contribution is 7.03. The third kappa shape index (κ3) is 1.33. The van der Waals surface area contributed by atoms with Gasteiger partial charge in [0.2, 0.25) is 5.95 Å². The molecule has 0 aromatic carbocycles. The van der Waals surface area contributed by atoms with E-state index >= 15 is 0 Å². The molecule has 2 aromatic heterocycles. The van der Waals surface area contributed by atoms with Crippen molar-refractivity contribution in [3.63, 3.8) is 0 Å². The van der Waals surface area contributed by atoms with E-state index in [0.29, 0.717) is 0 Å². The van der Waals surface area contributed by atoms with E-state index in [-0.39, 0.29) is 0 Å². The molecule has 0 unspecified atom stereocenters. The molecule has 0 atom stereocenters. The molecule has 0 N–H and O–H groups in total. The summed E-state index contributed by atoms with van der Waals surface area (Å²) in [6.45, 7) is 0. The molecule has 2 rings (SSSR count). The van der Waals surface area contributed by atoms with Gasteiger partial charge in [-0.3, -0.25) is 0 Å². The molecule has 60 valence electrons. The van der Waals surface area contributed by atoms with Crippen molar-refractivity contribution in [3.05, 3.63) is 35.7 Å². The zero-order chi connectivity index (χ0) is 8.39. The van der Waals surface area contributed by atoms with Crippen LogP contribution in [0.1, 0.15) is 0 Å². The number of hydrogen-bond acceptors (Lipinski definition) is 3. The smallest absolute Gasteiger partial charge is 0.212 e. The molecule has 0 amide bonds. The van der Waals surface area contributed by atoms with Crippen molar-refractivity contribution < 1.29 is 4.39 Å². The molecule has 0 aliphatic carbocycles. The minimum atomic E-state index is -0.464. The normalized spacial score (nSPS) is 10.1. The summed E-state index contributed by atoms with van der Waals surface area (Å²) in [5.74, 6) is -0.464. The molecule has 2 nitrogen and oxygen atoms in total. The Kier molecular flexibility index (Phi) is 1.83. The fourth-order valence-corrected chi connectivity index (χ4v) is 1.42. The molecule has 12 heavy (non-hydrogen) atoms. The van der Waals surface area contributed by atoms with Crippen LogP contribution in [-0.2, 0) is 0 Å². The second-order valence-electron chi connectivity index (χ2n) is 2.25. The summed E-state index contributed by atoms with van der Waals surface area (Å²) in [7, 11) is 0. The number of pyridine rings is 1. The Labute approximate surface area is 72.9 Å². The standard InChI is InChI=1S/C8H5FN2S/c9-8-2-1-6(5-10-8)7-3-4-12-11-7/h1-5H. The Morgan fingerprint density at radius 1 is 1.25 bits per heavy atom. The number of aromatic nitrogens is 2. The van der Waals surface area contributed by atoms with Gasteiger partial charge in [0.15, 0.2) is 0 Å². The van der Waals surface area contributed by atoms with Crippen LogP contribution in [0.3, 0.4) is 0 Å². The van der Waals surface area contributed by atoms with Crippen LogP contribution in [0.25, 0.3) is 11.3 Å². The maximum atomic E-state index is 12.4. The van der Waals surface area contributed by atoms with Gasteiger partial charge in [0.25, 0.3) is 0 Å². The lowest BCUT2D eigenvalue weighted by molar-refractivity contribution is 0.584. The van der Waals surface area contributed by atoms with Gasteiger partial charge in [-0.2, -0.15) is 8.76 Å². The SMILES string of the molecule is Fc1ccc(-c2ccsn2)cn1. The van der Waals surface area contributed by atoms with Crippen LogP contribution in [0, 0.1) is 5.95 Å². The molecule has 0 bridgehead atoms. The molecule has 2 heterocycles. The zero-order valence-corrected chi connectivity index (χ0v) is 6.88. The van der Waals surface area contributed by atoms with Crippen LogP contribution in [0.5, 0.6) is 0 Å². The Hall–Kier alpha value is -1.29. The maximum Gasteiger partial charge on any atom is 0.212 e. The van der Waals surface area contributed by atoms with Crippen molar-refractivity contribution in [1.82, 2.24) is 9.36 Å². The van der Waals surface area contributed by atoms with Crippen LogP contribution in [0.15, 0.2) is 29.8 Å². The molecule has 0 fully saturated rings. The first kappa shape index (κ1) is 7.36. The summed E-state index contributed by atoms with van der Waals surface area (Å²) in [6, 6.07) is 4.87. The van der Waals surface area contributed by atoms with Crippen LogP contribution < -0.4 is 0 Å². The highest BCUT2D eigenvalue weighted by atomic mass is 32.1. The molecule has 0 radical (unpaired) electrons. The Morgan fingerprint density at radius 3 is 2.75 bits per heavy atom. The summed E-state index contributed by atoms with van der Waals surface area (Å²) < 4.78 is 16.5. The molecule has 0 aliphatic rings. The zero-order valence-electron chi connectivity index (χ0n) is 6.07. The first-order valence-electron chi connectivity index (χ1n) is 3.38. The monoisotopic (exact) mass is 180 g/mol. The third-order valence-corrected chi connectivity index (χ3v) is 2.02. The maximum absolute atomic E-state index is 12.4. The lowest BCUT2D eigenvalue weighted by Gasteiger charge is -1.93. The summed E-state index contributed by atoms with van der Waals surface area (Å²) in [5, 5.41) is 1.87. The second kappa shape index (κ2) is 2.98. The first-order valence-corrected chi connectivity index (χ1v) is 4.22. The van der Waals surface area contributed by atoms with Gasteiger partial charge in [-0.25, -0.2) is 4.98 Å². The van der Waals surface area contributed by atoms with Crippen LogP contribution in [0.4, 0.5) is 4.39 Å².